The van der Waals surface area contributed by atoms with E-state index in [9.17, 15) is 0 Å². The fourth-order valence-corrected chi connectivity index (χ4v) is 8.88. The third kappa shape index (κ3) is 5.44. The third-order valence-corrected chi connectivity index (χ3v) is 11.5. The van der Waals surface area contributed by atoms with Gasteiger partial charge < -0.3 is 0 Å². The van der Waals surface area contributed by atoms with E-state index in [1.807, 2.05) is 96.3 Å². The molecule has 0 radical (unpaired) electrons. The summed E-state index contributed by atoms with van der Waals surface area (Å²) >= 11 is 1.81. The molecule has 0 amide bonds. The number of rotatable bonds is 6. The van der Waals surface area contributed by atoms with Crippen LogP contribution in [-0.2, 0) is 0 Å². The molecule has 262 valence electrons. The fourth-order valence-electron chi connectivity index (χ4n) is 7.64. The number of hydrogen-bond donors (Lipinski definition) is 0. The molecule has 0 aliphatic heterocycles. The highest BCUT2D eigenvalue weighted by molar-refractivity contribution is 7.26. The highest BCUT2D eigenvalue weighted by atomic mass is 32.1. The first-order valence-corrected chi connectivity index (χ1v) is 19.3. The molecule has 0 N–H and O–H groups in total. The highest BCUT2D eigenvalue weighted by Gasteiger charge is 2.21. The Kier molecular flexibility index (Phi) is 7.57. The topological polar surface area (TPSA) is 69.4 Å². The molecule has 0 atom stereocenters. The van der Waals surface area contributed by atoms with Crippen molar-refractivity contribution in [2.24, 2.45) is 0 Å². The van der Waals surface area contributed by atoms with Gasteiger partial charge >= 0.3 is 0 Å². The first kappa shape index (κ1) is 32.1. The number of nitrogens with zero attached hydrogens (tertiary/aromatic N) is 6. The van der Waals surface area contributed by atoms with Crippen LogP contribution in [-0.4, -0.2) is 29.5 Å². The summed E-state index contributed by atoms with van der Waals surface area (Å²) in [5.41, 5.74) is 8.51. The summed E-state index contributed by atoms with van der Waals surface area (Å²) in [6, 6.07) is 62.5. The maximum Gasteiger partial charge on any atom is 0.238 e. The zero-order chi connectivity index (χ0) is 37.0. The number of hydrogen-bond acceptors (Lipinski definition) is 6. The molecule has 11 rings (SSSR count). The molecule has 0 spiro atoms. The van der Waals surface area contributed by atoms with Crippen molar-refractivity contribution in [2.75, 3.05) is 0 Å². The van der Waals surface area contributed by atoms with Crippen LogP contribution < -0.4 is 0 Å². The molecule has 0 aliphatic carbocycles. The lowest BCUT2D eigenvalue weighted by Gasteiger charge is -2.12. The lowest BCUT2D eigenvalue weighted by atomic mass is 10.1. The van der Waals surface area contributed by atoms with E-state index in [2.05, 4.69) is 102 Å². The summed E-state index contributed by atoms with van der Waals surface area (Å²) < 4.78 is 4.68. The van der Waals surface area contributed by atoms with Crippen LogP contribution in [0.5, 0.6) is 0 Å². The molecule has 0 fully saturated rings. The second-order valence-corrected chi connectivity index (χ2v) is 14.8. The van der Waals surface area contributed by atoms with Crippen molar-refractivity contribution < 1.29 is 0 Å². The smallest absolute Gasteiger partial charge is 0.238 e. The van der Waals surface area contributed by atoms with E-state index in [-0.39, 0.29) is 0 Å². The normalized spacial score (nSPS) is 11.6. The molecule has 4 heterocycles. The third-order valence-electron chi connectivity index (χ3n) is 10.3. The predicted molar refractivity (Wildman–Crippen MR) is 230 cm³/mol. The predicted octanol–water partition coefficient (Wildman–Crippen LogP) is 12.5. The molecular formula is C49H30N6S. The number of para-hydroxylation sites is 1. The first-order valence-electron chi connectivity index (χ1n) is 18.5. The van der Waals surface area contributed by atoms with Gasteiger partial charge in [0, 0.05) is 54.1 Å². The molecule has 0 saturated heterocycles. The molecule has 7 aromatic carbocycles. The largest absolute Gasteiger partial charge is 0.276 e. The SMILES string of the molecule is c1ccc(-c2cc(-c3ccccc3)nc(-c3cccc(-c4nc(-c5ccccc5)nc(-n5c6ccccc6c6ccc7c8ccccc8sc7c65)n4)c3)n2)cc1. The number of thiophene rings is 1. The highest BCUT2D eigenvalue weighted by Crippen LogP contribution is 2.43. The summed E-state index contributed by atoms with van der Waals surface area (Å²) in [6.07, 6.45) is 0. The lowest BCUT2D eigenvalue weighted by Crippen LogP contribution is -2.06. The minimum atomic E-state index is 0.559. The van der Waals surface area contributed by atoms with E-state index in [1.54, 1.807) is 0 Å². The van der Waals surface area contributed by atoms with Crippen LogP contribution in [0.1, 0.15) is 0 Å². The van der Waals surface area contributed by atoms with Gasteiger partial charge in [-0.1, -0.05) is 158 Å². The van der Waals surface area contributed by atoms with Crippen LogP contribution in [0.4, 0.5) is 0 Å². The van der Waals surface area contributed by atoms with Gasteiger partial charge in [-0.2, -0.15) is 9.97 Å². The first-order chi connectivity index (χ1) is 27.7. The molecule has 11 aromatic rings. The summed E-state index contributed by atoms with van der Waals surface area (Å²) in [4.78, 5) is 25.9. The van der Waals surface area contributed by atoms with Crippen LogP contribution >= 0.6 is 11.3 Å². The molecule has 4 aromatic heterocycles. The summed E-state index contributed by atoms with van der Waals surface area (Å²) in [7, 11) is 0. The van der Waals surface area contributed by atoms with Gasteiger partial charge in [0.1, 0.15) is 0 Å². The second kappa shape index (κ2) is 13.2. The summed E-state index contributed by atoms with van der Waals surface area (Å²) in [5.74, 6) is 2.34. The Morgan fingerprint density at radius 2 is 0.875 bits per heavy atom. The monoisotopic (exact) mass is 734 g/mol. The summed E-state index contributed by atoms with van der Waals surface area (Å²) in [5, 5.41) is 4.78. The molecule has 0 unspecified atom stereocenters. The van der Waals surface area contributed by atoms with Gasteiger partial charge in [0.25, 0.3) is 0 Å². The Morgan fingerprint density at radius 3 is 1.55 bits per heavy atom. The van der Waals surface area contributed by atoms with Gasteiger partial charge in [-0.3, -0.25) is 4.57 Å². The van der Waals surface area contributed by atoms with E-state index in [0.29, 0.717) is 23.4 Å². The van der Waals surface area contributed by atoms with Crippen molar-refractivity contribution >= 4 is 53.3 Å². The maximum absolute atomic E-state index is 5.30. The van der Waals surface area contributed by atoms with Gasteiger partial charge in [-0.15, -0.1) is 11.3 Å². The zero-order valence-electron chi connectivity index (χ0n) is 29.9. The van der Waals surface area contributed by atoms with Crippen molar-refractivity contribution in [3.05, 3.63) is 182 Å². The van der Waals surface area contributed by atoms with Crippen LogP contribution in [0.3, 0.4) is 0 Å². The molecule has 7 heteroatoms. The number of fused-ring (bicyclic) bond motifs is 7. The average Bonchev–Trinajstić information content (AvgIpc) is 3.83. The van der Waals surface area contributed by atoms with E-state index in [0.717, 1.165) is 61.0 Å². The maximum atomic E-state index is 5.30. The number of benzene rings is 7. The molecule has 56 heavy (non-hydrogen) atoms. The van der Waals surface area contributed by atoms with Gasteiger partial charge in [-0.25, -0.2) is 15.0 Å². The van der Waals surface area contributed by atoms with Crippen molar-refractivity contribution in [3.63, 3.8) is 0 Å². The minimum absolute atomic E-state index is 0.559. The Morgan fingerprint density at radius 1 is 0.357 bits per heavy atom. The summed E-state index contributed by atoms with van der Waals surface area (Å²) in [6.45, 7) is 0. The fraction of sp³-hybridized carbons (Fsp3) is 0. The molecule has 0 aliphatic rings. The van der Waals surface area contributed by atoms with Crippen LogP contribution in [0, 0.1) is 0 Å². The van der Waals surface area contributed by atoms with Gasteiger partial charge in [-0.05, 0) is 24.3 Å². The van der Waals surface area contributed by atoms with Gasteiger partial charge in [0.05, 0.1) is 27.1 Å². The Balaban J connectivity index is 1.14. The standard InChI is InChI=1S/C49H30N6S/c1-4-15-31(16-5-1)40-30-41(32-17-6-2-7-18-32)51-47(50-40)34-21-14-22-35(29-34)48-52-46(33-19-8-3-9-20-33)53-49(54-48)55-42-25-12-10-23-36(42)38-27-28-39-37-24-11-13-26-43(37)56-45(39)44(38)55/h1-30H. The Labute approximate surface area is 326 Å². The minimum Gasteiger partial charge on any atom is -0.276 e. The van der Waals surface area contributed by atoms with Crippen molar-refractivity contribution in [3.8, 4) is 62.6 Å². The lowest BCUT2D eigenvalue weighted by molar-refractivity contribution is 0.955. The van der Waals surface area contributed by atoms with E-state index in [1.165, 1.54) is 20.2 Å². The quantitative estimate of drug-likeness (QED) is 0.170. The molecule has 0 bridgehead atoms. The molecule has 0 saturated carbocycles. The van der Waals surface area contributed by atoms with Crippen LogP contribution in [0.2, 0.25) is 0 Å². The van der Waals surface area contributed by atoms with E-state index < -0.39 is 0 Å². The van der Waals surface area contributed by atoms with Crippen LogP contribution in [0.15, 0.2) is 182 Å². The van der Waals surface area contributed by atoms with Gasteiger partial charge in [0.15, 0.2) is 17.5 Å². The van der Waals surface area contributed by atoms with Crippen molar-refractivity contribution in [1.29, 1.82) is 0 Å². The van der Waals surface area contributed by atoms with Gasteiger partial charge in [0.2, 0.25) is 5.95 Å². The van der Waals surface area contributed by atoms with E-state index in [4.69, 9.17) is 24.9 Å². The Bertz CT molecular complexity index is 3190. The van der Waals surface area contributed by atoms with Crippen LogP contribution in [0.25, 0.3) is 105 Å². The average molecular weight is 735 g/mol. The second-order valence-electron chi connectivity index (χ2n) is 13.7. The van der Waals surface area contributed by atoms with Crippen molar-refractivity contribution in [2.45, 2.75) is 0 Å². The number of aromatic nitrogens is 6. The Hall–Kier alpha value is -7.35. The molecule has 6 nitrogen and oxygen atoms in total. The van der Waals surface area contributed by atoms with E-state index >= 15 is 0 Å². The zero-order valence-corrected chi connectivity index (χ0v) is 30.7. The van der Waals surface area contributed by atoms with Crippen molar-refractivity contribution in [1.82, 2.24) is 29.5 Å². The molecular weight excluding hydrogens is 705 g/mol.